The number of benzene rings is 1. The topological polar surface area (TPSA) is 116 Å². The molecule has 1 unspecified atom stereocenters. The predicted molar refractivity (Wildman–Crippen MR) is 94.5 cm³/mol. The van der Waals surface area contributed by atoms with Crippen LogP contribution in [0.3, 0.4) is 0 Å². The van der Waals surface area contributed by atoms with Crippen LogP contribution >= 0.6 is 0 Å². The van der Waals surface area contributed by atoms with E-state index < -0.39 is 17.4 Å². The Labute approximate surface area is 148 Å². The number of rotatable bonds is 8. The van der Waals surface area contributed by atoms with E-state index in [2.05, 4.69) is 11.4 Å². The van der Waals surface area contributed by atoms with Crippen LogP contribution in [-0.4, -0.2) is 23.0 Å². The van der Waals surface area contributed by atoms with Crippen LogP contribution in [0.15, 0.2) is 24.3 Å². The van der Waals surface area contributed by atoms with Crippen LogP contribution in [0.4, 0.5) is 5.69 Å². The van der Waals surface area contributed by atoms with Crippen LogP contribution in [0.5, 0.6) is 0 Å². The van der Waals surface area contributed by atoms with Crippen molar-refractivity contribution >= 4 is 17.6 Å². The number of nitrogen functional groups attached to an aromatic ring is 1. The summed E-state index contributed by atoms with van der Waals surface area (Å²) in [6.07, 6.45) is 5.40. The van der Waals surface area contributed by atoms with Crippen LogP contribution in [0.25, 0.3) is 0 Å². The molecule has 0 saturated heterocycles. The van der Waals surface area contributed by atoms with E-state index in [0.29, 0.717) is 24.9 Å². The quantitative estimate of drug-likeness (QED) is 0.495. The fraction of sp³-hybridized carbons (Fsp3) is 0.526. The van der Waals surface area contributed by atoms with Gasteiger partial charge < -0.3 is 16.2 Å². The van der Waals surface area contributed by atoms with Crippen molar-refractivity contribution in [3.8, 4) is 6.07 Å². The largest absolute Gasteiger partial charge is 0.480 e. The average Bonchev–Trinajstić information content (AvgIpc) is 3.06. The third kappa shape index (κ3) is 4.96. The van der Waals surface area contributed by atoms with Crippen LogP contribution in [0, 0.1) is 16.7 Å². The number of unbranched alkanes of at least 4 members (excludes halogenated alkanes) is 1. The number of nitrogens with one attached hydrogen (secondary N) is 1. The highest BCUT2D eigenvalue weighted by Gasteiger charge is 2.41. The Hall–Kier alpha value is -2.55. The molecular weight excluding hydrogens is 318 g/mol. The van der Waals surface area contributed by atoms with Gasteiger partial charge in [-0.15, -0.1) is 0 Å². The second-order valence-electron chi connectivity index (χ2n) is 6.81. The molecule has 4 N–H and O–H groups in total. The average molecular weight is 343 g/mol. The first-order valence-electron chi connectivity index (χ1n) is 8.72. The maximum Gasteiger partial charge on any atom is 0.326 e. The number of nitrogens with two attached hydrogens (primary N) is 1. The maximum atomic E-state index is 12.8. The van der Waals surface area contributed by atoms with E-state index in [1.807, 2.05) is 0 Å². The zero-order valence-electron chi connectivity index (χ0n) is 14.3. The molecule has 0 radical (unpaired) electrons. The third-order valence-electron chi connectivity index (χ3n) is 5.01. The van der Waals surface area contributed by atoms with E-state index in [1.165, 1.54) is 0 Å². The summed E-state index contributed by atoms with van der Waals surface area (Å²) in [5, 5.41) is 21.0. The molecule has 2 rings (SSSR count). The van der Waals surface area contributed by atoms with E-state index >= 15 is 0 Å². The first-order chi connectivity index (χ1) is 12.0. The SMILES string of the molecule is N#CCCCC1(C(=O)NC(Cc2ccc(N)cc2)C(=O)O)CCCC1. The Morgan fingerprint density at radius 1 is 1.28 bits per heavy atom. The molecule has 1 aliphatic rings. The molecule has 1 amide bonds. The molecular formula is C19H25N3O3. The van der Waals surface area contributed by atoms with E-state index in [1.54, 1.807) is 24.3 Å². The van der Waals surface area contributed by atoms with Gasteiger partial charge in [0, 0.05) is 23.9 Å². The third-order valence-corrected chi connectivity index (χ3v) is 5.01. The first-order valence-corrected chi connectivity index (χ1v) is 8.72. The highest BCUT2D eigenvalue weighted by molar-refractivity contribution is 5.87. The van der Waals surface area contributed by atoms with E-state index in [4.69, 9.17) is 11.0 Å². The van der Waals surface area contributed by atoms with Gasteiger partial charge in [0.1, 0.15) is 6.04 Å². The molecule has 0 aromatic heterocycles. The molecule has 1 atom stereocenters. The molecule has 0 heterocycles. The second kappa shape index (κ2) is 8.52. The van der Waals surface area contributed by atoms with Gasteiger partial charge in [0.25, 0.3) is 0 Å². The molecule has 134 valence electrons. The smallest absolute Gasteiger partial charge is 0.326 e. The van der Waals surface area contributed by atoms with Crippen molar-refractivity contribution < 1.29 is 14.7 Å². The summed E-state index contributed by atoms with van der Waals surface area (Å²) in [7, 11) is 0. The van der Waals surface area contributed by atoms with Crippen molar-refractivity contribution in [3.05, 3.63) is 29.8 Å². The van der Waals surface area contributed by atoms with Crippen molar-refractivity contribution in [1.82, 2.24) is 5.32 Å². The summed E-state index contributed by atoms with van der Waals surface area (Å²) in [6, 6.07) is 8.12. The van der Waals surface area contributed by atoms with Gasteiger partial charge in [0.2, 0.25) is 5.91 Å². The van der Waals surface area contributed by atoms with Crippen LogP contribution in [0.1, 0.15) is 50.5 Å². The Balaban J connectivity index is 2.06. The monoisotopic (exact) mass is 343 g/mol. The number of carboxylic acid groups (broad SMARTS) is 1. The predicted octanol–water partition coefficient (Wildman–Crippen LogP) is 2.63. The number of amides is 1. The number of hydrogen-bond donors (Lipinski definition) is 3. The molecule has 1 fully saturated rings. The zero-order chi connectivity index (χ0) is 18.3. The summed E-state index contributed by atoms with van der Waals surface area (Å²) >= 11 is 0. The van der Waals surface area contributed by atoms with Crippen molar-refractivity contribution in [2.75, 3.05) is 5.73 Å². The fourth-order valence-electron chi connectivity index (χ4n) is 3.55. The molecule has 1 aromatic carbocycles. The minimum absolute atomic E-state index is 0.189. The highest BCUT2D eigenvalue weighted by atomic mass is 16.4. The number of aliphatic carboxylic acids is 1. The van der Waals surface area contributed by atoms with Gasteiger partial charge in [-0.3, -0.25) is 4.79 Å². The summed E-state index contributed by atoms with van der Waals surface area (Å²) < 4.78 is 0. The van der Waals surface area contributed by atoms with E-state index in [9.17, 15) is 14.7 Å². The normalized spacial score (nSPS) is 16.8. The molecule has 1 aromatic rings. The molecule has 0 spiro atoms. The molecule has 1 aliphatic carbocycles. The Kier molecular flexibility index (Phi) is 6.40. The lowest BCUT2D eigenvalue weighted by Crippen LogP contribution is -2.48. The number of hydrogen-bond acceptors (Lipinski definition) is 4. The highest BCUT2D eigenvalue weighted by Crippen LogP contribution is 2.42. The first kappa shape index (κ1) is 18.8. The molecule has 0 aliphatic heterocycles. The summed E-state index contributed by atoms with van der Waals surface area (Å²) in [4.78, 5) is 24.4. The summed E-state index contributed by atoms with van der Waals surface area (Å²) in [5.41, 5.74) is 6.55. The van der Waals surface area contributed by atoms with E-state index in [-0.39, 0.29) is 12.3 Å². The fourth-order valence-corrected chi connectivity index (χ4v) is 3.55. The molecule has 25 heavy (non-hydrogen) atoms. The summed E-state index contributed by atoms with van der Waals surface area (Å²) in [5.74, 6) is -1.24. The number of nitrogens with zero attached hydrogens (tertiary/aromatic N) is 1. The van der Waals surface area contributed by atoms with Crippen molar-refractivity contribution in [2.24, 2.45) is 5.41 Å². The molecule has 1 saturated carbocycles. The number of carbonyl (C=O) groups is 2. The van der Waals surface area contributed by atoms with Crippen molar-refractivity contribution in [1.29, 1.82) is 5.26 Å². The summed E-state index contributed by atoms with van der Waals surface area (Å²) in [6.45, 7) is 0. The minimum Gasteiger partial charge on any atom is -0.480 e. The van der Waals surface area contributed by atoms with Gasteiger partial charge in [-0.05, 0) is 43.4 Å². The lowest BCUT2D eigenvalue weighted by Gasteiger charge is -2.29. The van der Waals surface area contributed by atoms with Crippen molar-refractivity contribution in [3.63, 3.8) is 0 Å². The van der Waals surface area contributed by atoms with Crippen LogP contribution < -0.4 is 11.1 Å². The van der Waals surface area contributed by atoms with Crippen LogP contribution in [0.2, 0.25) is 0 Å². The lowest BCUT2D eigenvalue weighted by molar-refractivity contribution is -0.144. The Morgan fingerprint density at radius 3 is 2.48 bits per heavy atom. The van der Waals surface area contributed by atoms with Gasteiger partial charge in [0.05, 0.1) is 6.07 Å². The molecule has 6 nitrogen and oxygen atoms in total. The minimum atomic E-state index is -1.05. The van der Waals surface area contributed by atoms with Crippen LogP contribution in [-0.2, 0) is 16.0 Å². The lowest BCUT2D eigenvalue weighted by atomic mass is 9.80. The Morgan fingerprint density at radius 2 is 1.92 bits per heavy atom. The number of anilines is 1. The van der Waals surface area contributed by atoms with Gasteiger partial charge in [-0.1, -0.05) is 25.0 Å². The van der Waals surface area contributed by atoms with Gasteiger partial charge in [-0.2, -0.15) is 5.26 Å². The maximum absolute atomic E-state index is 12.8. The number of carbonyl (C=O) groups excluding carboxylic acids is 1. The number of carboxylic acids is 1. The van der Waals surface area contributed by atoms with Gasteiger partial charge in [0.15, 0.2) is 0 Å². The zero-order valence-corrected chi connectivity index (χ0v) is 14.3. The number of nitriles is 1. The van der Waals surface area contributed by atoms with Gasteiger partial charge >= 0.3 is 5.97 Å². The Bertz CT molecular complexity index is 643. The second-order valence-corrected chi connectivity index (χ2v) is 6.81. The van der Waals surface area contributed by atoms with E-state index in [0.717, 1.165) is 31.2 Å². The standard InChI is InChI=1S/C19H25N3O3/c20-12-4-3-11-19(9-1-2-10-19)18(25)22-16(17(23)24)13-14-5-7-15(21)8-6-14/h5-8,16H,1-4,9-11,13,21H2,(H,22,25)(H,23,24). The van der Waals surface area contributed by atoms with Gasteiger partial charge in [-0.25, -0.2) is 4.79 Å². The van der Waals surface area contributed by atoms with Crippen molar-refractivity contribution in [2.45, 2.75) is 57.4 Å². The molecule has 6 heteroatoms. The molecule has 0 bridgehead atoms.